The van der Waals surface area contributed by atoms with Gasteiger partial charge in [0, 0.05) is 25.7 Å². The van der Waals surface area contributed by atoms with E-state index < -0.39 is 0 Å². The molecule has 3 atom stereocenters. The Morgan fingerprint density at radius 2 is 1.95 bits per heavy atom. The minimum absolute atomic E-state index is 0.672. The van der Waals surface area contributed by atoms with Gasteiger partial charge in [0.05, 0.1) is 6.61 Å². The molecule has 0 spiro atoms. The summed E-state index contributed by atoms with van der Waals surface area (Å²) in [5.74, 6) is 0.815. The molecule has 3 unspecified atom stereocenters. The molecular formula is C19H30N2O. The first-order valence-corrected chi connectivity index (χ1v) is 8.91. The van der Waals surface area contributed by atoms with Gasteiger partial charge < -0.3 is 15.4 Å². The number of hydrogen-bond donors (Lipinski definition) is 2. The van der Waals surface area contributed by atoms with E-state index in [1.54, 1.807) is 7.11 Å². The second-order valence-corrected chi connectivity index (χ2v) is 6.84. The molecule has 2 fully saturated rings. The van der Waals surface area contributed by atoms with Gasteiger partial charge in [-0.05, 0) is 49.3 Å². The molecule has 122 valence electrons. The van der Waals surface area contributed by atoms with Crippen molar-refractivity contribution in [1.82, 2.24) is 10.6 Å². The monoisotopic (exact) mass is 302 g/mol. The van der Waals surface area contributed by atoms with Gasteiger partial charge in [0.1, 0.15) is 0 Å². The van der Waals surface area contributed by atoms with Crippen molar-refractivity contribution in [2.24, 2.45) is 5.92 Å². The van der Waals surface area contributed by atoms with Gasteiger partial charge in [-0.3, -0.25) is 0 Å². The van der Waals surface area contributed by atoms with Crippen molar-refractivity contribution >= 4 is 0 Å². The van der Waals surface area contributed by atoms with Gasteiger partial charge in [-0.25, -0.2) is 0 Å². The molecule has 0 bridgehead atoms. The molecule has 1 aliphatic heterocycles. The zero-order valence-electron chi connectivity index (χ0n) is 13.8. The van der Waals surface area contributed by atoms with Crippen LogP contribution in [0.25, 0.3) is 0 Å². The minimum Gasteiger partial charge on any atom is -0.380 e. The van der Waals surface area contributed by atoms with Gasteiger partial charge in [-0.2, -0.15) is 0 Å². The Morgan fingerprint density at radius 3 is 2.73 bits per heavy atom. The molecule has 3 rings (SSSR count). The first-order chi connectivity index (χ1) is 10.9. The topological polar surface area (TPSA) is 33.3 Å². The smallest absolute Gasteiger partial charge is 0.0716 e. The number of nitrogens with one attached hydrogen (secondary N) is 2. The summed E-state index contributed by atoms with van der Waals surface area (Å²) in [6, 6.07) is 10.0. The lowest BCUT2D eigenvalue weighted by atomic mass is 9.88. The van der Waals surface area contributed by atoms with Crippen LogP contribution >= 0.6 is 0 Å². The number of hydrogen-bond acceptors (Lipinski definition) is 3. The highest BCUT2D eigenvalue weighted by Crippen LogP contribution is 2.32. The van der Waals surface area contributed by atoms with Crippen LogP contribution in [0.3, 0.4) is 0 Å². The molecule has 1 aromatic rings. The highest BCUT2D eigenvalue weighted by atomic mass is 16.5. The van der Waals surface area contributed by atoms with Crippen molar-refractivity contribution in [2.75, 3.05) is 13.7 Å². The summed E-state index contributed by atoms with van der Waals surface area (Å²) < 4.78 is 5.32. The molecule has 2 N–H and O–H groups in total. The van der Waals surface area contributed by atoms with Crippen molar-refractivity contribution in [1.29, 1.82) is 0 Å². The van der Waals surface area contributed by atoms with Crippen LogP contribution in [-0.4, -0.2) is 25.7 Å². The van der Waals surface area contributed by atoms with Crippen molar-refractivity contribution in [3.8, 4) is 0 Å². The predicted octanol–water partition coefficient (Wildman–Crippen LogP) is 3.23. The lowest BCUT2D eigenvalue weighted by Gasteiger charge is -2.33. The molecule has 2 aliphatic rings. The van der Waals surface area contributed by atoms with Crippen LogP contribution in [0.15, 0.2) is 24.3 Å². The van der Waals surface area contributed by atoms with E-state index in [1.807, 2.05) is 0 Å². The summed E-state index contributed by atoms with van der Waals surface area (Å²) in [4.78, 5) is 0. The Morgan fingerprint density at radius 1 is 1.09 bits per heavy atom. The molecular weight excluding hydrogens is 272 g/mol. The van der Waals surface area contributed by atoms with Crippen LogP contribution in [0.5, 0.6) is 0 Å². The zero-order valence-corrected chi connectivity index (χ0v) is 13.8. The molecule has 1 heterocycles. The number of ether oxygens (including phenoxy) is 1. The fraction of sp³-hybridized carbons (Fsp3) is 0.684. The van der Waals surface area contributed by atoms with E-state index in [2.05, 4.69) is 34.9 Å². The van der Waals surface area contributed by atoms with Gasteiger partial charge in [-0.15, -0.1) is 0 Å². The summed E-state index contributed by atoms with van der Waals surface area (Å²) in [5, 5.41) is 7.61. The lowest BCUT2D eigenvalue weighted by molar-refractivity contribution is 0.183. The summed E-state index contributed by atoms with van der Waals surface area (Å²) in [5.41, 5.74) is 2.69. The first kappa shape index (κ1) is 16.0. The molecule has 0 amide bonds. The van der Waals surface area contributed by atoms with Crippen LogP contribution in [0, 0.1) is 5.92 Å². The molecule has 1 aliphatic carbocycles. The van der Waals surface area contributed by atoms with Crippen molar-refractivity contribution in [2.45, 2.75) is 63.8 Å². The van der Waals surface area contributed by atoms with E-state index in [-0.39, 0.29) is 0 Å². The summed E-state index contributed by atoms with van der Waals surface area (Å²) in [6.45, 7) is 2.88. The van der Waals surface area contributed by atoms with E-state index >= 15 is 0 Å². The van der Waals surface area contributed by atoms with E-state index in [1.165, 1.54) is 56.2 Å². The average molecular weight is 302 g/mol. The highest BCUT2D eigenvalue weighted by Gasteiger charge is 2.33. The molecule has 3 heteroatoms. The number of piperidine rings is 1. The molecule has 0 aromatic heterocycles. The summed E-state index contributed by atoms with van der Waals surface area (Å²) in [6.07, 6.45) is 8.21. The summed E-state index contributed by atoms with van der Waals surface area (Å²) >= 11 is 0. The number of rotatable bonds is 6. The van der Waals surface area contributed by atoms with Gasteiger partial charge >= 0.3 is 0 Å². The number of methoxy groups -OCH3 is 1. The minimum atomic E-state index is 0.672. The van der Waals surface area contributed by atoms with Gasteiger partial charge in [-0.1, -0.05) is 37.1 Å². The maximum Gasteiger partial charge on any atom is 0.0716 e. The third kappa shape index (κ3) is 3.89. The van der Waals surface area contributed by atoms with Crippen LogP contribution in [0.4, 0.5) is 0 Å². The second kappa shape index (κ2) is 8.09. The van der Waals surface area contributed by atoms with Crippen LogP contribution in [0.1, 0.15) is 49.7 Å². The average Bonchev–Trinajstić information content (AvgIpc) is 3.04. The predicted molar refractivity (Wildman–Crippen MR) is 90.8 cm³/mol. The SMILES string of the molecule is COCc1ccccc1CNC1CCCC1C1CCCCN1. The Labute approximate surface area is 134 Å². The van der Waals surface area contributed by atoms with E-state index in [4.69, 9.17) is 4.74 Å². The zero-order chi connectivity index (χ0) is 15.2. The second-order valence-electron chi connectivity index (χ2n) is 6.84. The summed E-state index contributed by atoms with van der Waals surface area (Å²) in [7, 11) is 1.77. The maximum absolute atomic E-state index is 5.32. The Balaban J connectivity index is 1.58. The van der Waals surface area contributed by atoms with Gasteiger partial charge in [0.15, 0.2) is 0 Å². The highest BCUT2D eigenvalue weighted by molar-refractivity contribution is 5.26. The lowest BCUT2D eigenvalue weighted by Crippen LogP contribution is -2.46. The van der Waals surface area contributed by atoms with Gasteiger partial charge in [0.25, 0.3) is 0 Å². The van der Waals surface area contributed by atoms with Gasteiger partial charge in [0.2, 0.25) is 0 Å². The third-order valence-electron chi connectivity index (χ3n) is 5.41. The van der Waals surface area contributed by atoms with Crippen molar-refractivity contribution in [3.05, 3.63) is 35.4 Å². The number of benzene rings is 1. The van der Waals surface area contributed by atoms with Crippen molar-refractivity contribution in [3.63, 3.8) is 0 Å². The molecule has 1 saturated carbocycles. The molecule has 3 nitrogen and oxygen atoms in total. The van der Waals surface area contributed by atoms with Crippen LogP contribution in [-0.2, 0) is 17.9 Å². The van der Waals surface area contributed by atoms with Crippen molar-refractivity contribution < 1.29 is 4.74 Å². The fourth-order valence-electron chi connectivity index (χ4n) is 4.24. The maximum atomic E-state index is 5.32. The third-order valence-corrected chi connectivity index (χ3v) is 5.41. The van der Waals surface area contributed by atoms with E-state index in [0.717, 1.165) is 18.5 Å². The molecule has 0 radical (unpaired) electrons. The van der Waals surface area contributed by atoms with Crippen LogP contribution in [0.2, 0.25) is 0 Å². The fourth-order valence-corrected chi connectivity index (χ4v) is 4.24. The molecule has 1 aromatic carbocycles. The largest absolute Gasteiger partial charge is 0.380 e. The van der Waals surface area contributed by atoms with Crippen LogP contribution < -0.4 is 10.6 Å². The van der Waals surface area contributed by atoms with E-state index in [9.17, 15) is 0 Å². The Bertz CT molecular complexity index is 457. The molecule has 1 saturated heterocycles. The van der Waals surface area contributed by atoms with E-state index in [0.29, 0.717) is 12.6 Å². The Hall–Kier alpha value is -0.900. The first-order valence-electron chi connectivity index (χ1n) is 8.91. The normalized spacial score (nSPS) is 28.9. The Kier molecular flexibility index (Phi) is 5.88. The molecule has 22 heavy (non-hydrogen) atoms. The standard InChI is InChI=1S/C19H30N2O/c1-22-14-16-8-3-2-7-15(16)13-21-19-11-6-9-17(19)18-10-4-5-12-20-18/h2-3,7-8,17-21H,4-6,9-14H2,1H3. The quantitative estimate of drug-likeness (QED) is 0.846.